The molecule has 1 aromatic rings. The standard InChI is InChI=1S/C17H25NO3/c19-13-5-8-15-7-4-12-18(15)17(20)11-6-14-21-16-9-2-1-3-10-16/h1-3,9-10,15,19H,4-8,11-14H2. The Kier molecular flexibility index (Phi) is 6.54. The lowest BCUT2D eigenvalue weighted by molar-refractivity contribution is -0.132. The van der Waals surface area contributed by atoms with Crippen molar-refractivity contribution in [1.29, 1.82) is 0 Å². The van der Waals surface area contributed by atoms with Gasteiger partial charge in [-0.3, -0.25) is 4.79 Å². The van der Waals surface area contributed by atoms with Gasteiger partial charge in [0.05, 0.1) is 6.61 Å². The number of carbonyl (C=O) groups excluding carboxylic acids is 1. The quantitative estimate of drug-likeness (QED) is 0.749. The molecule has 1 aromatic carbocycles. The van der Waals surface area contributed by atoms with Gasteiger partial charge in [-0.25, -0.2) is 0 Å². The van der Waals surface area contributed by atoms with Crippen molar-refractivity contribution >= 4 is 5.91 Å². The van der Waals surface area contributed by atoms with Crippen molar-refractivity contribution in [2.75, 3.05) is 19.8 Å². The van der Waals surface area contributed by atoms with Crippen molar-refractivity contribution < 1.29 is 14.6 Å². The van der Waals surface area contributed by atoms with Gasteiger partial charge in [0.1, 0.15) is 5.75 Å². The van der Waals surface area contributed by atoms with Crippen LogP contribution < -0.4 is 4.74 Å². The second-order valence-corrected chi connectivity index (χ2v) is 5.51. The maximum absolute atomic E-state index is 12.2. The smallest absolute Gasteiger partial charge is 0.222 e. The zero-order valence-corrected chi connectivity index (χ0v) is 12.5. The molecule has 2 rings (SSSR count). The molecule has 1 fully saturated rings. The van der Waals surface area contributed by atoms with E-state index in [4.69, 9.17) is 9.84 Å². The van der Waals surface area contributed by atoms with E-state index in [0.717, 1.165) is 44.4 Å². The van der Waals surface area contributed by atoms with Crippen LogP contribution in [0.1, 0.15) is 38.5 Å². The molecular formula is C17H25NO3. The molecular weight excluding hydrogens is 266 g/mol. The van der Waals surface area contributed by atoms with E-state index in [1.165, 1.54) is 0 Å². The molecule has 1 unspecified atom stereocenters. The van der Waals surface area contributed by atoms with Crippen LogP contribution in [-0.2, 0) is 4.79 Å². The molecule has 1 atom stereocenters. The summed E-state index contributed by atoms with van der Waals surface area (Å²) in [6, 6.07) is 10.0. The maximum atomic E-state index is 12.2. The Bertz CT molecular complexity index is 421. The molecule has 0 aliphatic carbocycles. The fourth-order valence-corrected chi connectivity index (χ4v) is 2.86. The van der Waals surface area contributed by atoms with Gasteiger partial charge >= 0.3 is 0 Å². The van der Waals surface area contributed by atoms with Crippen LogP contribution in [0, 0.1) is 0 Å². The van der Waals surface area contributed by atoms with Crippen molar-refractivity contribution in [2.45, 2.75) is 44.6 Å². The van der Waals surface area contributed by atoms with E-state index < -0.39 is 0 Å². The number of rotatable bonds is 8. The maximum Gasteiger partial charge on any atom is 0.222 e. The Morgan fingerprint density at radius 2 is 2.10 bits per heavy atom. The molecule has 0 aromatic heterocycles. The topological polar surface area (TPSA) is 49.8 Å². The largest absolute Gasteiger partial charge is 0.494 e. The summed E-state index contributed by atoms with van der Waals surface area (Å²) >= 11 is 0. The normalized spacial score (nSPS) is 18.0. The Morgan fingerprint density at radius 3 is 2.86 bits per heavy atom. The van der Waals surface area contributed by atoms with Gasteiger partial charge in [0.25, 0.3) is 0 Å². The minimum Gasteiger partial charge on any atom is -0.494 e. The van der Waals surface area contributed by atoms with Crippen LogP contribution in [0.2, 0.25) is 0 Å². The van der Waals surface area contributed by atoms with Crippen molar-refractivity contribution in [3.63, 3.8) is 0 Å². The monoisotopic (exact) mass is 291 g/mol. The summed E-state index contributed by atoms with van der Waals surface area (Å²) in [6.45, 7) is 1.66. The molecule has 0 spiro atoms. The molecule has 0 radical (unpaired) electrons. The van der Waals surface area contributed by atoms with Crippen molar-refractivity contribution in [1.82, 2.24) is 4.90 Å². The lowest BCUT2D eigenvalue weighted by atomic mass is 10.1. The molecule has 116 valence electrons. The highest BCUT2D eigenvalue weighted by molar-refractivity contribution is 5.76. The average Bonchev–Trinajstić information content (AvgIpc) is 2.99. The predicted molar refractivity (Wildman–Crippen MR) is 82.2 cm³/mol. The van der Waals surface area contributed by atoms with E-state index in [-0.39, 0.29) is 12.5 Å². The Hall–Kier alpha value is -1.55. The third-order valence-electron chi connectivity index (χ3n) is 3.94. The minimum atomic E-state index is 0.212. The van der Waals surface area contributed by atoms with Crippen LogP contribution in [0.3, 0.4) is 0 Å². The van der Waals surface area contributed by atoms with Crippen LogP contribution in [-0.4, -0.2) is 41.7 Å². The molecule has 0 bridgehead atoms. The number of para-hydroxylation sites is 1. The first-order valence-corrected chi connectivity index (χ1v) is 7.89. The zero-order valence-electron chi connectivity index (χ0n) is 12.5. The average molecular weight is 291 g/mol. The van der Waals surface area contributed by atoms with E-state index in [1.807, 2.05) is 35.2 Å². The fraction of sp³-hybridized carbons (Fsp3) is 0.588. The van der Waals surface area contributed by atoms with Gasteiger partial charge in [-0.05, 0) is 44.2 Å². The predicted octanol–water partition coefficient (Wildman–Crippen LogP) is 2.61. The number of ether oxygens (including phenoxy) is 1. The minimum absolute atomic E-state index is 0.212. The first-order chi connectivity index (χ1) is 10.3. The van der Waals surface area contributed by atoms with E-state index in [0.29, 0.717) is 19.1 Å². The third kappa shape index (κ3) is 5.05. The molecule has 1 heterocycles. The highest BCUT2D eigenvalue weighted by Gasteiger charge is 2.27. The van der Waals surface area contributed by atoms with Gasteiger partial charge < -0.3 is 14.7 Å². The number of likely N-dealkylation sites (tertiary alicyclic amines) is 1. The number of amides is 1. The molecule has 1 saturated heterocycles. The van der Waals surface area contributed by atoms with Crippen LogP contribution in [0.25, 0.3) is 0 Å². The van der Waals surface area contributed by atoms with Crippen LogP contribution in [0.4, 0.5) is 0 Å². The van der Waals surface area contributed by atoms with E-state index in [2.05, 4.69) is 0 Å². The summed E-state index contributed by atoms with van der Waals surface area (Å²) < 4.78 is 5.61. The van der Waals surface area contributed by atoms with E-state index >= 15 is 0 Å². The van der Waals surface area contributed by atoms with Gasteiger partial charge in [-0.2, -0.15) is 0 Å². The second-order valence-electron chi connectivity index (χ2n) is 5.51. The zero-order chi connectivity index (χ0) is 14.9. The van der Waals surface area contributed by atoms with E-state index in [1.54, 1.807) is 0 Å². The molecule has 1 amide bonds. The number of aliphatic hydroxyl groups is 1. The molecule has 1 aliphatic heterocycles. The summed E-state index contributed by atoms with van der Waals surface area (Å²) in [5.41, 5.74) is 0. The third-order valence-corrected chi connectivity index (χ3v) is 3.94. The van der Waals surface area contributed by atoms with E-state index in [9.17, 15) is 4.79 Å². The number of carbonyl (C=O) groups is 1. The molecule has 1 N–H and O–H groups in total. The first kappa shape index (κ1) is 15.8. The lowest BCUT2D eigenvalue weighted by Gasteiger charge is -2.24. The first-order valence-electron chi connectivity index (χ1n) is 7.89. The molecule has 21 heavy (non-hydrogen) atoms. The summed E-state index contributed by atoms with van der Waals surface area (Å²) in [6.07, 6.45) is 5.16. The summed E-state index contributed by atoms with van der Waals surface area (Å²) in [4.78, 5) is 14.2. The van der Waals surface area contributed by atoms with Crippen LogP contribution in [0.15, 0.2) is 30.3 Å². The second kappa shape index (κ2) is 8.67. The van der Waals surface area contributed by atoms with Crippen molar-refractivity contribution in [3.8, 4) is 5.75 Å². The van der Waals surface area contributed by atoms with Gasteiger partial charge in [-0.15, -0.1) is 0 Å². The van der Waals surface area contributed by atoms with Crippen LogP contribution in [0.5, 0.6) is 5.75 Å². The highest BCUT2D eigenvalue weighted by atomic mass is 16.5. The Morgan fingerprint density at radius 1 is 1.29 bits per heavy atom. The summed E-state index contributed by atoms with van der Waals surface area (Å²) in [5.74, 6) is 1.08. The highest BCUT2D eigenvalue weighted by Crippen LogP contribution is 2.22. The number of benzene rings is 1. The van der Waals surface area contributed by atoms with Gasteiger partial charge in [0.15, 0.2) is 0 Å². The summed E-state index contributed by atoms with van der Waals surface area (Å²) in [5, 5.41) is 8.91. The SMILES string of the molecule is O=C(CCCOc1ccccc1)N1CCCC1CCCO. The molecule has 4 heteroatoms. The van der Waals surface area contributed by atoms with Gasteiger partial charge in [0.2, 0.25) is 5.91 Å². The van der Waals surface area contributed by atoms with Gasteiger partial charge in [0, 0.05) is 25.6 Å². The molecule has 0 saturated carbocycles. The van der Waals surface area contributed by atoms with Gasteiger partial charge in [-0.1, -0.05) is 18.2 Å². The Balaban J connectivity index is 1.66. The number of hydrogen-bond acceptors (Lipinski definition) is 3. The lowest BCUT2D eigenvalue weighted by Crippen LogP contribution is -2.35. The van der Waals surface area contributed by atoms with Crippen LogP contribution >= 0.6 is 0 Å². The number of hydrogen-bond donors (Lipinski definition) is 1. The number of aliphatic hydroxyl groups excluding tert-OH is 1. The fourth-order valence-electron chi connectivity index (χ4n) is 2.86. The molecule has 4 nitrogen and oxygen atoms in total. The Labute approximate surface area is 126 Å². The van der Waals surface area contributed by atoms with Crippen molar-refractivity contribution in [2.24, 2.45) is 0 Å². The molecule has 1 aliphatic rings. The summed E-state index contributed by atoms with van der Waals surface area (Å²) in [7, 11) is 0. The number of nitrogens with zero attached hydrogens (tertiary/aromatic N) is 1. The van der Waals surface area contributed by atoms with Crippen molar-refractivity contribution in [3.05, 3.63) is 30.3 Å².